The number of carbonyl (C=O) groups is 1. The van der Waals surface area contributed by atoms with Gasteiger partial charge in [0.25, 0.3) is 5.69 Å². The first-order valence-electron chi connectivity index (χ1n) is 7.16. The van der Waals surface area contributed by atoms with E-state index >= 15 is 0 Å². The minimum atomic E-state index is -0.421. The molecule has 0 spiro atoms. The molecule has 0 saturated carbocycles. The van der Waals surface area contributed by atoms with Crippen molar-refractivity contribution in [3.8, 4) is 0 Å². The van der Waals surface area contributed by atoms with Crippen molar-refractivity contribution in [1.29, 1.82) is 0 Å². The SMILES string of the molecule is O=C(Cn1ccc2c([N+](=O)[O-])cccc21)NCCc1ccco1. The summed E-state index contributed by atoms with van der Waals surface area (Å²) in [6.07, 6.45) is 3.90. The van der Waals surface area contributed by atoms with Crippen LogP contribution in [0.3, 0.4) is 0 Å². The molecule has 1 amide bonds. The monoisotopic (exact) mass is 313 g/mol. The zero-order chi connectivity index (χ0) is 16.2. The Hall–Kier alpha value is -3.09. The van der Waals surface area contributed by atoms with Crippen LogP contribution >= 0.6 is 0 Å². The summed E-state index contributed by atoms with van der Waals surface area (Å²) in [4.78, 5) is 22.6. The summed E-state index contributed by atoms with van der Waals surface area (Å²) in [7, 11) is 0. The topological polar surface area (TPSA) is 90.3 Å². The number of nitro benzene ring substituents is 1. The molecule has 7 heteroatoms. The average molecular weight is 313 g/mol. The first kappa shape index (κ1) is 14.8. The van der Waals surface area contributed by atoms with Gasteiger partial charge in [-0.15, -0.1) is 0 Å². The smallest absolute Gasteiger partial charge is 0.278 e. The van der Waals surface area contributed by atoms with Crippen LogP contribution in [0.2, 0.25) is 0 Å². The molecule has 2 aromatic heterocycles. The fourth-order valence-corrected chi connectivity index (χ4v) is 2.49. The van der Waals surface area contributed by atoms with Crippen molar-refractivity contribution in [2.75, 3.05) is 6.54 Å². The van der Waals surface area contributed by atoms with E-state index in [9.17, 15) is 14.9 Å². The van der Waals surface area contributed by atoms with Gasteiger partial charge in [-0.05, 0) is 24.3 Å². The second-order valence-electron chi connectivity index (χ2n) is 5.09. The van der Waals surface area contributed by atoms with E-state index in [-0.39, 0.29) is 18.1 Å². The third-order valence-electron chi connectivity index (χ3n) is 3.57. The van der Waals surface area contributed by atoms with E-state index in [0.29, 0.717) is 23.9 Å². The first-order chi connectivity index (χ1) is 11.1. The maximum absolute atomic E-state index is 12.0. The second kappa shape index (κ2) is 6.35. The predicted molar refractivity (Wildman–Crippen MR) is 84.0 cm³/mol. The predicted octanol–water partition coefficient (Wildman–Crippen LogP) is 2.50. The van der Waals surface area contributed by atoms with E-state index < -0.39 is 4.92 Å². The fraction of sp³-hybridized carbons (Fsp3) is 0.188. The maximum Gasteiger partial charge on any atom is 0.278 e. The molecule has 3 rings (SSSR count). The normalized spacial score (nSPS) is 10.8. The number of aromatic nitrogens is 1. The van der Waals surface area contributed by atoms with Crippen LogP contribution in [0.5, 0.6) is 0 Å². The van der Waals surface area contributed by atoms with Crippen molar-refractivity contribution in [2.45, 2.75) is 13.0 Å². The molecule has 0 unspecified atom stereocenters. The number of nitrogens with one attached hydrogen (secondary N) is 1. The molecule has 23 heavy (non-hydrogen) atoms. The van der Waals surface area contributed by atoms with Crippen LogP contribution in [-0.2, 0) is 17.8 Å². The largest absolute Gasteiger partial charge is 0.469 e. The van der Waals surface area contributed by atoms with E-state index in [4.69, 9.17) is 4.42 Å². The second-order valence-corrected chi connectivity index (χ2v) is 5.09. The molecule has 0 atom stereocenters. The number of amides is 1. The van der Waals surface area contributed by atoms with Crippen LogP contribution in [0.15, 0.2) is 53.3 Å². The standard InChI is InChI=1S/C16H15N3O4/c20-16(17-8-6-12-3-2-10-23-12)11-18-9-7-13-14(18)4-1-5-15(13)19(21)22/h1-5,7,9-10H,6,8,11H2,(H,17,20). The van der Waals surface area contributed by atoms with Crippen LogP contribution in [0.25, 0.3) is 10.9 Å². The van der Waals surface area contributed by atoms with Crippen LogP contribution < -0.4 is 5.32 Å². The van der Waals surface area contributed by atoms with Crippen molar-refractivity contribution >= 4 is 22.5 Å². The lowest BCUT2D eigenvalue weighted by molar-refractivity contribution is -0.383. The molecule has 0 saturated heterocycles. The molecule has 0 radical (unpaired) electrons. The summed E-state index contributed by atoms with van der Waals surface area (Å²) in [6, 6.07) is 10.1. The van der Waals surface area contributed by atoms with Gasteiger partial charge in [0.05, 0.1) is 22.1 Å². The summed E-state index contributed by atoms with van der Waals surface area (Å²) < 4.78 is 6.89. The minimum Gasteiger partial charge on any atom is -0.469 e. The molecule has 7 nitrogen and oxygen atoms in total. The molecule has 0 aliphatic heterocycles. The number of non-ortho nitro benzene ring substituents is 1. The van der Waals surface area contributed by atoms with E-state index in [0.717, 1.165) is 5.76 Å². The van der Waals surface area contributed by atoms with Crippen LogP contribution in [0.4, 0.5) is 5.69 Å². The lowest BCUT2D eigenvalue weighted by atomic mass is 10.2. The Morgan fingerprint density at radius 2 is 2.13 bits per heavy atom. The van der Waals surface area contributed by atoms with Crippen LogP contribution in [0, 0.1) is 10.1 Å². The lowest BCUT2D eigenvalue weighted by Gasteiger charge is -2.06. The number of benzene rings is 1. The fourth-order valence-electron chi connectivity index (χ4n) is 2.49. The summed E-state index contributed by atoms with van der Waals surface area (Å²) in [5.74, 6) is 0.660. The van der Waals surface area contributed by atoms with E-state index in [1.807, 2.05) is 6.07 Å². The highest BCUT2D eigenvalue weighted by Crippen LogP contribution is 2.26. The number of fused-ring (bicyclic) bond motifs is 1. The Kier molecular flexibility index (Phi) is 4.09. The summed E-state index contributed by atoms with van der Waals surface area (Å²) in [5.41, 5.74) is 0.708. The van der Waals surface area contributed by atoms with Gasteiger partial charge >= 0.3 is 0 Å². The number of nitrogens with zero attached hydrogens (tertiary/aromatic N) is 2. The molecular weight excluding hydrogens is 298 g/mol. The van der Waals surface area contributed by atoms with Crippen molar-refractivity contribution in [3.63, 3.8) is 0 Å². The van der Waals surface area contributed by atoms with Crippen molar-refractivity contribution in [1.82, 2.24) is 9.88 Å². The number of hydrogen-bond donors (Lipinski definition) is 1. The molecule has 0 aliphatic carbocycles. The number of rotatable bonds is 6. The number of nitro groups is 1. The molecule has 3 aromatic rings. The Bertz CT molecular complexity index is 836. The minimum absolute atomic E-state index is 0.0412. The molecule has 0 fully saturated rings. The van der Waals surface area contributed by atoms with Crippen molar-refractivity contribution < 1.29 is 14.1 Å². The van der Waals surface area contributed by atoms with Gasteiger partial charge in [0.15, 0.2) is 0 Å². The van der Waals surface area contributed by atoms with Crippen molar-refractivity contribution in [2.24, 2.45) is 0 Å². The molecular formula is C16H15N3O4. The van der Waals surface area contributed by atoms with Gasteiger partial charge in [-0.2, -0.15) is 0 Å². The Morgan fingerprint density at radius 1 is 1.26 bits per heavy atom. The van der Waals surface area contributed by atoms with E-state index in [2.05, 4.69) is 5.32 Å². The highest BCUT2D eigenvalue weighted by atomic mass is 16.6. The van der Waals surface area contributed by atoms with Gasteiger partial charge in [-0.1, -0.05) is 6.07 Å². The van der Waals surface area contributed by atoms with Gasteiger partial charge in [0.1, 0.15) is 12.3 Å². The Labute approximate surface area is 131 Å². The lowest BCUT2D eigenvalue weighted by Crippen LogP contribution is -2.29. The number of furan rings is 1. The van der Waals surface area contributed by atoms with E-state index in [1.54, 1.807) is 41.3 Å². The first-order valence-corrected chi connectivity index (χ1v) is 7.16. The quantitative estimate of drug-likeness (QED) is 0.559. The molecule has 0 bridgehead atoms. The third-order valence-corrected chi connectivity index (χ3v) is 3.57. The van der Waals surface area contributed by atoms with Gasteiger partial charge in [0.2, 0.25) is 5.91 Å². The zero-order valence-electron chi connectivity index (χ0n) is 12.3. The van der Waals surface area contributed by atoms with E-state index in [1.165, 1.54) is 6.07 Å². The maximum atomic E-state index is 12.0. The zero-order valence-corrected chi connectivity index (χ0v) is 12.3. The van der Waals surface area contributed by atoms with Crippen LogP contribution in [-0.4, -0.2) is 21.9 Å². The van der Waals surface area contributed by atoms with Gasteiger partial charge in [-0.25, -0.2) is 0 Å². The number of carbonyl (C=O) groups excluding carboxylic acids is 1. The number of hydrogen-bond acceptors (Lipinski definition) is 4. The highest BCUT2D eigenvalue weighted by molar-refractivity contribution is 5.90. The van der Waals surface area contributed by atoms with Gasteiger partial charge < -0.3 is 14.3 Å². The van der Waals surface area contributed by atoms with Gasteiger partial charge in [0, 0.05) is 25.2 Å². The van der Waals surface area contributed by atoms with Crippen LogP contribution in [0.1, 0.15) is 5.76 Å². The average Bonchev–Trinajstić information content (AvgIpc) is 3.17. The molecule has 118 valence electrons. The Morgan fingerprint density at radius 3 is 2.87 bits per heavy atom. The molecule has 0 aliphatic rings. The summed E-state index contributed by atoms with van der Waals surface area (Å²) in [6.45, 7) is 0.592. The summed E-state index contributed by atoms with van der Waals surface area (Å²) >= 11 is 0. The molecule has 2 heterocycles. The summed E-state index contributed by atoms with van der Waals surface area (Å²) in [5, 5.41) is 14.3. The highest BCUT2D eigenvalue weighted by Gasteiger charge is 2.14. The third kappa shape index (κ3) is 3.23. The van der Waals surface area contributed by atoms with Gasteiger partial charge in [-0.3, -0.25) is 14.9 Å². The Balaban J connectivity index is 1.65. The van der Waals surface area contributed by atoms with Crippen molar-refractivity contribution in [3.05, 3.63) is 64.7 Å². The molecule has 1 aromatic carbocycles. The molecule has 1 N–H and O–H groups in total.